The van der Waals surface area contributed by atoms with Crippen LogP contribution in [0, 0.1) is 25.7 Å². The predicted molar refractivity (Wildman–Crippen MR) is 118 cm³/mol. The van der Waals surface area contributed by atoms with Crippen LogP contribution in [-0.4, -0.2) is 77.5 Å². The lowest BCUT2D eigenvalue weighted by atomic mass is 9.76. The van der Waals surface area contributed by atoms with E-state index in [1.807, 2.05) is 22.0 Å². The molecule has 0 radical (unpaired) electrons. The summed E-state index contributed by atoms with van der Waals surface area (Å²) in [4.78, 5) is 33.4. The number of amides is 2. The maximum atomic E-state index is 13.6. The summed E-state index contributed by atoms with van der Waals surface area (Å²) in [6.45, 7) is 11.9. The molecule has 31 heavy (non-hydrogen) atoms. The number of nitrogens with zero attached hydrogens (tertiary/aromatic N) is 3. The summed E-state index contributed by atoms with van der Waals surface area (Å²) in [6, 6.07) is 6.36. The standard InChI is InChI=1S/C25H33N3O3/c1-4-26-10-5-11-27(13-12-26)23(29)21-20-8-9-25(31-20)16-28(24(30)22(21)25)15-19-7-6-17(2)18(3)14-19/h6-9,14,20-22H,4-5,10-13,15-16H2,1-3H3/t20-,21?,22?,25-/m0/s1. The zero-order valence-electron chi connectivity index (χ0n) is 18.8. The maximum Gasteiger partial charge on any atom is 0.230 e. The van der Waals surface area contributed by atoms with E-state index >= 15 is 0 Å². The molecular weight excluding hydrogens is 390 g/mol. The van der Waals surface area contributed by atoms with E-state index in [0.717, 1.165) is 44.7 Å². The lowest BCUT2D eigenvalue weighted by Crippen LogP contribution is -2.47. The van der Waals surface area contributed by atoms with E-state index in [0.29, 0.717) is 13.1 Å². The third kappa shape index (κ3) is 3.40. The highest BCUT2D eigenvalue weighted by molar-refractivity contribution is 5.93. The summed E-state index contributed by atoms with van der Waals surface area (Å²) in [6.07, 6.45) is 4.78. The molecular formula is C25H33N3O3. The SMILES string of the molecule is CCN1CCCN(C(=O)C2C3C(=O)N(Cc4ccc(C)c(C)c4)C[C@@]34C=C[C@@H]2O4)CC1. The number of carbonyl (C=O) groups is 2. The molecule has 0 saturated carbocycles. The monoisotopic (exact) mass is 423 g/mol. The van der Waals surface area contributed by atoms with Crippen molar-refractivity contribution in [1.82, 2.24) is 14.7 Å². The molecule has 6 heteroatoms. The second-order valence-corrected chi connectivity index (χ2v) is 9.63. The van der Waals surface area contributed by atoms with Crippen LogP contribution in [0.5, 0.6) is 0 Å². The Morgan fingerprint density at radius 1 is 1.16 bits per heavy atom. The van der Waals surface area contributed by atoms with Gasteiger partial charge in [-0.1, -0.05) is 37.3 Å². The van der Waals surface area contributed by atoms with Crippen LogP contribution in [0.1, 0.15) is 30.0 Å². The zero-order valence-corrected chi connectivity index (χ0v) is 18.8. The van der Waals surface area contributed by atoms with Gasteiger partial charge >= 0.3 is 0 Å². The molecule has 0 N–H and O–H groups in total. The van der Waals surface area contributed by atoms with E-state index in [9.17, 15) is 9.59 Å². The fourth-order valence-corrected chi connectivity index (χ4v) is 5.83. The van der Waals surface area contributed by atoms with Crippen molar-refractivity contribution in [2.75, 3.05) is 39.3 Å². The van der Waals surface area contributed by atoms with Crippen molar-refractivity contribution in [3.63, 3.8) is 0 Å². The van der Waals surface area contributed by atoms with Gasteiger partial charge in [0, 0.05) is 26.2 Å². The summed E-state index contributed by atoms with van der Waals surface area (Å²) < 4.78 is 6.33. The first kappa shape index (κ1) is 20.7. The number of rotatable bonds is 4. The Kier molecular flexibility index (Phi) is 5.18. The van der Waals surface area contributed by atoms with Gasteiger partial charge in [-0.25, -0.2) is 0 Å². The van der Waals surface area contributed by atoms with E-state index < -0.39 is 17.4 Å². The maximum absolute atomic E-state index is 13.6. The minimum absolute atomic E-state index is 0.0634. The molecule has 0 aliphatic carbocycles. The van der Waals surface area contributed by atoms with Crippen molar-refractivity contribution < 1.29 is 14.3 Å². The Labute approximate surface area is 184 Å². The van der Waals surface area contributed by atoms with Crippen molar-refractivity contribution in [2.45, 2.75) is 45.4 Å². The Morgan fingerprint density at radius 2 is 2.00 bits per heavy atom. The lowest BCUT2D eigenvalue weighted by Gasteiger charge is -2.29. The van der Waals surface area contributed by atoms with Crippen LogP contribution >= 0.6 is 0 Å². The molecule has 4 aliphatic heterocycles. The van der Waals surface area contributed by atoms with Gasteiger partial charge in [0.25, 0.3) is 0 Å². The van der Waals surface area contributed by atoms with Crippen molar-refractivity contribution in [3.8, 4) is 0 Å². The van der Waals surface area contributed by atoms with Gasteiger partial charge in [0.2, 0.25) is 11.8 Å². The second kappa shape index (κ2) is 7.75. The highest BCUT2D eigenvalue weighted by atomic mass is 16.5. The van der Waals surface area contributed by atoms with Gasteiger partial charge in [0.15, 0.2) is 0 Å². The molecule has 3 fully saturated rings. The molecule has 2 bridgehead atoms. The van der Waals surface area contributed by atoms with Crippen LogP contribution in [0.2, 0.25) is 0 Å². The number of hydrogen-bond donors (Lipinski definition) is 0. The summed E-state index contributed by atoms with van der Waals surface area (Å²) in [5.41, 5.74) is 2.97. The number of likely N-dealkylation sites (tertiary alicyclic amines) is 1. The van der Waals surface area contributed by atoms with E-state index in [-0.39, 0.29) is 17.9 Å². The zero-order chi connectivity index (χ0) is 21.8. The van der Waals surface area contributed by atoms with Crippen LogP contribution in [0.3, 0.4) is 0 Å². The second-order valence-electron chi connectivity index (χ2n) is 9.63. The molecule has 1 aromatic carbocycles. The molecule has 0 aromatic heterocycles. The van der Waals surface area contributed by atoms with E-state index in [1.54, 1.807) is 0 Å². The van der Waals surface area contributed by atoms with E-state index in [2.05, 4.69) is 43.9 Å². The Morgan fingerprint density at radius 3 is 2.77 bits per heavy atom. The van der Waals surface area contributed by atoms with Crippen molar-refractivity contribution >= 4 is 11.8 Å². The fraction of sp³-hybridized carbons (Fsp3) is 0.600. The van der Waals surface area contributed by atoms with Gasteiger partial charge in [-0.2, -0.15) is 0 Å². The third-order valence-electron chi connectivity index (χ3n) is 7.76. The molecule has 1 aromatic rings. The van der Waals surface area contributed by atoms with Crippen molar-refractivity contribution in [2.24, 2.45) is 11.8 Å². The van der Waals surface area contributed by atoms with Crippen LogP contribution in [0.4, 0.5) is 0 Å². The summed E-state index contributed by atoms with van der Waals surface area (Å²) >= 11 is 0. The van der Waals surface area contributed by atoms with Gasteiger partial charge in [-0.05, 0) is 50.0 Å². The highest BCUT2D eigenvalue weighted by Crippen LogP contribution is 2.52. The quantitative estimate of drug-likeness (QED) is 0.697. The number of carbonyl (C=O) groups excluding carboxylic acids is 2. The molecule has 2 amide bonds. The molecule has 2 unspecified atom stereocenters. The van der Waals surface area contributed by atoms with Crippen LogP contribution in [-0.2, 0) is 20.9 Å². The lowest BCUT2D eigenvalue weighted by molar-refractivity contribution is -0.143. The first-order valence-electron chi connectivity index (χ1n) is 11.6. The van der Waals surface area contributed by atoms with Gasteiger partial charge in [0.1, 0.15) is 5.60 Å². The first-order chi connectivity index (χ1) is 14.9. The molecule has 1 spiro atoms. The summed E-state index contributed by atoms with van der Waals surface area (Å²) in [7, 11) is 0. The first-order valence-corrected chi connectivity index (χ1v) is 11.6. The minimum Gasteiger partial charge on any atom is -0.360 e. The smallest absolute Gasteiger partial charge is 0.230 e. The molecule has 3 saturated heterocycles. The van der Waals surface area contributed by atoms with Crippen molar-refractivity contribution in [1.29, 1.82) is 0 Å². The average Bonchev–Trinajstić information content (AvgIpc) is 3.31. The molecule has 6 nitrogen and oxygen atoms in total. The molecule has 166 valence electrons. The Balaban J connectivity index is 1.35. The van der Waals surface area contributed by atoms with Crippen LogP contribution in [0.25, 0.3) is 0 Å². The number of benzene rings is 1. The Bertz CT molecular complexity index is 929. The van der Waals surface area contributed by atoms with Gasteiger partial charge in [-0.15, -0.1) is 0 Å². The number of hydrogen-bond acceptors (Lipinski definition) is 4. The van der Waals surface area contributed by atoms with Crippen LogP contribution in [0.15, 0.2) is 30.4 Å². The number of ether oxygens (including phenoxy) is 1. The average molecular weight is 424 g/mol. The topological polar surface area (TPSA) is 53.1 Å². The van der Waals surface area contributed by atoms with Crippen molar-refractivity contribution in [3.05, 3.63) is 47.0 Å². The largest absolute Gasteiger partial charge is 0.360 e. The normalized spacial score (nSPS) is 32.6. The molecule has 4 heterocycles. The van der Waals surface area contributed by atoms with Crippen LogP contribution < -0.4 is 0 Å². The number of likely N-dealkylation sites (N-methyl/N-ethyl adjacent to an activating group) is 1. The third-order valence-corrected chi connectivity index (χ3v) is 7.76. The van der Waals surface area contributed by atoms with E-state index in [1.165, 1.54) is 11.1 Å². The summed E-state index contributed by atoms with van der Waals surface area (Å²) in [5.74, 6) is -0.628. The minimum atomic E-state index is -0.636. The molecule has 4 aliphatic rings. The van der Waals surface area contributed by atoms with E-state index in [4.69, 9.17) is 4.74 Å². The number of aryl methyl sites for hydroxylation is 2. The molecule has 4 atom stereocenters. The number of fused-ring (bicyclic) bond motifs is 1. The van der Waals surface area contributed by atoms with Gasteiger partial charge < -0.3 is 19.4 Å². The summed E-state index contributed by atoms with van der Waals surface area (Å²) in [5, 5.41) is 0. The molecule has 5 rings (SSSR count). The fourth-order valence-electron chi connectivity index (χ4n) is 5.83. The Hall–Kier alpha value is -2.18. The van der Waals surface area contributed by atoms with Gasteiger partial charge in [-0.3, -0.25) is 9.59 Å². The highest BCUT2D eigenvalue weighted by Gasteiger charge is 2.67. The van der Waals surface area contributed by atoms with Gasteiger partial charge in [0.05, 0.1) is 24.5 Å². The predicted octanol–water partition coefficient (Wildman–Crippen LogP) is 2.14.